The van der Waals surface area contributed by atoms with Crippen LogP contribution in [0.1, 0.15) is 25.2 Å². The highest BCUT2D eigenvalue weighted by Gasteiger charge is 2.43. The molecular formula is C12H20N4. The highest BCUT2D eigenvalue weighted by atomic mass is 15.3. The predicted octanol–water partition coefficient (Wildman–Crippen LogP) is 1.27. The lowest BCUT2D eigenvalue weighted by molar-refractivity contribution is 0.243. The van der Waals surface area contributed by atoms with Gasteiger partial charge in [0.2, 0.25) is 0 Å². The molecular weight excluding hydrogens is 200 g/mol. The van der Waals surface area contributed by atoms with Crippen LogP contribution >= 0.6 is 0 Å². The smallest absolute Gasteiger partial charge is 0.150 e. The van der Waals surface area contributed by atoms with Gasteiger partial charge in [0.15, 0.2) is 0 Å². The van der Waals surface area contributed by atoms with Crippen molar-refractivity contribution in [2.45, 2.75) is 33.2 Å². The van der Waals surface area contributed by atoms with E-state index in [0.29, 0.717) is 5.92 Å². The average Bonchev–Trinajstić information content (AvgIpc) is 2.17. The molecule has 2 N–H and O–H groups in total. The third-order valence-electron chi connectivity index (χ3n) is 3.47. The standard InChI is InChI=1S/C12H20N4/c1-8(2)12(13)6-16(7-12)11-10(4)14-5-9(3)15-11/h5,8H,6-7,13H2,1-4H3. The van der Waals surface area contributed by atoms with Crippen molar-refractivity contribution in [1.82, 2.24) is 9.97 Å². The molecule has 1 aliphatic rings. The number of hydrogen-bond acceptors (Lipinski definition) is 4. The minimum atomic E-state index is -0.0577. The van der Waals surface area contributed by atoms with E-state index in [1.807, 2.05) is 13.8 Å². The summed E-state index contributed by atoms with van der Waals surface area (Å²) in [6, 6.07) is 0. The van der Waals surface area contributed by atoms with Crippen LogP contribution in [-0.4, -0.2) is 28.6 Å². The summed E-state index contributed by atoms with van der Waals surface area (Å²) < 4.78 is 0. The number of rotatable bonds is 2. The van der Waals surface area contributed by atoms with Crippen molar-refractivity contribution in [3.05, 3.63) is 17.6 Å². The van der Waals surface area contributed by atoms with Gasteiger partial charge in [-0.15, -0.1) is 0 Å². The van der Waals surface area contributed by atoms with Gasteiger partial charge >= 0.3 is 0 Å². The minimum Gasteiger partial charge on any atom is -0.351 e. The minimum absolute atomic E-state index is 0.0577. The number of nitrogens with zero attached hydrogens (tertiary/aromatic N) is 3. The maximum Gasteiger partial charge on any atom is 0.150 e. The number of hydrogen-bond donors (Lipinski definition) is 1. The molecule has 1 aromatic rings. The Kier molecular flexibility index (Phi) is 2.62. The van der Waals surface area contributed by atoms with Crippen LogP contribution in [0.3, 0.4) is 0 Å². The van der Waals surface area contributed by atoms with E-state index in [9.17, 15) is 0 Å². The molecule has 0 spiro atoms. The molecule has 4 nitrogen and oxygen atoms in total. The van der Waals surface area contributed by atoms with Crippen molar-refractivity contribution in [3.63, 3.8) is 0 Å². The van der Waals surface area contributed by atoms with Gasteiger partial charge in [0.1, 0.15) is 5.82 Å². The molecule has 0 unspecified atom stereocenters. The van der Waals surface area contributed by atoms with Gasteiger partial charge in [0, 0.05) is 19.3 Å². The molecule has 0 atom stereocenters. The first-order valence-electron chi connectivity index (χ1n) is 5.76. The molecule has 4 heteroatoms. The lowest BCUT2D eigenvalue weighted by Gasteiger charge is -2.51. The summed E-state index contributed by atoms with van der Waals surface area (Å²) in [5.41, 5.74) is 8.15. The lowest BCUT2D eigenvalue weighted by Crippen LogP contribution is -2.70. The highest BCUT2D eigenvalue weighted by Crippen LogP contribution is 2.30. The number of anilines is 1. The highest BCUT2D eigenvalue weighted by molar-refractivity contribution is 5.48. The Labute approximate surface area is 96.9 Å². The van der Waals surface area contributed by atoms with Crippen molar-refractivity contribution in [2.24, 2.45) is 11.7 Å². The largest absolute Gasteiger partial charge is 0.351 e. The number of aromatic nitrogens is 2. The Balaban J connectivity index is 2.15. The Morgan fingerprint density at radius 1 is 1.38 bits per heavy atom. The van der Waals surface area contributed by atoms with Gasteiger partial charge in [-0.2, -0.15) is 0 Å². The molecule has 2 rings (SSSR count). The molecule has 1 aliphatic heterocycles. The van der Waals surface area contributed by atoms with Crippen molar-refractivity contribution in [2.75, 3.05) is 18.0 Å². The van der Waals surface area contributed by atoms with Gasteiger partial charge in [0.25, 0.3) is 0 Å². The maximum atomic E-state index is 6.27. The van der Waals surface area contributed by atoms with Crippen LogP contribution in [0.15, 0.2) is 6.20 Å². The van der Waals surface area contributed by atoms with E-state index in [2.05, 4.69) is 28.7 Å². The summed E-state index contributed by atoms with van der Waals surface area (Å²) >= 11 is 0. The van der Waals surface area contributed by atoms with Gasteiger partial charge in [-0.1, -0.05) is 13.8 Å². The monoisotopic (exact) mass is 220 g/mol. The molecule has 0 bridgehead atoms. The Bertz CT molecular complexity index is 394. The van der Waals surface area contributed by atoms with Crippen LogP contribution in [0.4, 0.5) is 5.82 Å². The van der Waals surface area contributed by atoms with Crippen LogP contribution in [0.25, 0.3) is 0 Å². The van der Waals surface area contributed by atoms with E-state index < -0.39 is 0 Å². The summed E-state index contributed by atoms with van der Waals surface area (Å²) in [5, 5.41) is 0. The zero-order valence-electron chi connectivity index (χ0n) is 10.5. The second-order valence-electron chi connectivity index (χ2n) is 5.16. The molecule has 1 saturated heterocycles. The molecule has 0 radical (unpaired) electrons. The van der Waals surface area contributed by atoms with Crippen LogP contribution in [0.2, 0.25) is 0 Å². The molecule has 0 aliphatic carbocycles. The van der Waals surface area contributed by atoms with Crippen molar-refractivity contribution in [3.8, 4) is 0 Å². The van der Waals surface area contributed by atoms with Gasteiger partial charge in [-0.3, -0.25) is 4.98 Å². The van der Waals surface area contributed by atoms with E-state index in [-0.39, 0.29) is 5.54 Å². The molecule has 2 heterocycles. The van der Waals surface area contributed by atoms with Crippen LogP contribution in [0, 0.1) is 19.8 Å². The second-order valence-corrected chi connectivity index (χ2v) is 5.16. The summed E-state index contributed by atoms with van der Waals surface area (Å²) in [5.74, 6) is 1.49. The van der Waals surface area contributed by atoms with Crippen LogP contribution < -0.4 is 10.6 Å². The number of nitrogens with two attached hydrogens (primary N) is 1. The van der Waals surface area contributed by atoms with E-state index in [1.54, 1.807) is 6.20 Å². The number of aryl methyl sites for hydroxylation is 2. The quantitative estimate of drug-likeness (QED) is 0.815. The first kappa shape index (κ1) is 11.3. The predicted molar refractivity (Wildman–Crippen MR) is 65.5 cm³/mol. The molecule has 1 aromatic heterocycles. The van der Waals surface area contributed by atoms with Gasteiger partial charge in [-0.05, 0) is 19.8 Å². The maximum absolute atomic E-state index is 6.27. The van der Waals surface area contributed by atoms with E-state index >= 15 is 0 Å². The Morgan fingerprint density at radius 2 is 2.00 bits per heavy atom. The average molecular weight is 220 g/mol. The first-order valence-corrected chi connectivity index (χ1v) is 5.76. The Morgan fingerprint density at radius 3 is 2.56 bits per heavy atom. The Hall–Kier alpha value is -1.16. The molecule has 88 valence electrons. The SMILES string of the molecule is Cc1cnc(C)c(N2CC(N)(C(C)C)C2)n1. The van der Waals surface area contributed by atoms with E-state index in [1.165, 1.54) is 0 Å². The summed E-state index contributed by atoms with van der Waals surface area (Å²) in [4.78, 5) is 11.1. The fourth-order valence-corrected chi connectivity index (χ4v) is 2.00. The third-order valence-corrected chi connectivity index (χ3v) is 3.47. The normalized spacial score (nSPS) is 18.8. The van der Waals surface area contributed by atoms with E-state index in [4.69, 9.17) is 5.73 Å². The summed E-state index contributed by atoms with van der Waals surface area (Å²) in [6.45, 7) is 10.1. The topological polar surface area (TPSA) is 55.0 Å². The molecule has 0 saturated carbocycles. The lowest BCUT2D eigenvalue weighted by atomic mass is 9.80. The van der Waals surface area contributed by atoms with Gasteiger partial charge < -0.3 is 10.6 Å². The van der Waals surface area contributed by atoms with Crippen LogP contribution in [-0.2, 0) is 0 Å². The molecule has 0 amide bonds. The molecule has 16 heavy (non-hydrogen) atoms. The summed E-state index contributed by atoms with van der Waals surface area (Å²) in [6.07, 6.45) is 1.80. The van der Waals surface area contributed by atoms with Crippen molar-refractivity contribution >= 4 is 5.82 Å². The second kappa shape index (κ2) is 3.70. The fraction of sp³-hybridized carbons (Fsp3) is 0.667. The van der Waals surface area contributed by atoms with Gasteiger partial charge in [0.05, 0.1) is 16.9 Å². The third kappa shape index (κ3) is 1.78. The van der Waals surface area contributed by atoms with Gasteiger partial charge in [-0.25, -0.2) is 4.98 Å². The molecule has 0 aromatic carbocycles. The van der Waals surface area contributed by atoms with Crippen molar-refractivity contribution in [1.29, 1.82) is 0 Å². The van der Waals surface area contributed by atoms with Crippen molar-refractivity contribution < 1.29 is 0 Å². The van der Waals surface area contributed by atoms with E-state index in [0.717, 1.165) is 30.3 Å². The first-order chi connectivity index (χ1) is 7.42. The fourth-order valence-electron chi connectivity index (χ4n) is 2.00. The summed E-state index contributed by atoms with van der Waals surface area (Å²) in [7, 11) is 0. The zero-order valence-corrected chi connectivity index (χ0v) is 10.5. The molecule has 1 fully saturated rings. The van der Waals surface area contributed by atoms with Crippen LogP contribution in [0.5, 0.6) is 0 Å². The zero-order chi connectivity index (χ0) is 11.9.